The number of para-hydroxylation sites is 1. The van der Waals surface area contributed by atoms with Crippen LogP contribution in [-0.2, 0) is 17.6 Å². The van der Waals surface area contributed by atoms with Gasteiger partial charge in [0.2, 0.25) is 0 Å². The van der Waals surface area contributed by atoms with E-state index in [1.165, 1.54) is 0 Å². The summed E-state index contributed by atoms with van der Waals surface area (Å²) in [4.78, 5) is 25.3. The van der Waals surface area contributed by atoms with Crippen molar-refractivity contribution in [1.82, 2.24) is 0 Å². The standard InChI is InChI=1S/C32H28BrNO5/c1-2-3-12-26-29(24-11-7-8-13-25(24)38-26)31(35)34-22-15-16-23-21(19-22)14-17-27(30(23)33)39-28(32(36)37)18-20-9-5-4-6-10-20/h4-11,13-17,19,28H,2-3,12,18H2,1H3,(H,34,35)(H,36,37). The highest BCUT2D eigenvalue weighted by Gasteiger charge is 2.23. The molecule has 0 aliphatic heterocycles. The van der Waals surface area contributed by atoms with Crippen LogP contribution in [0.3, 0.4) is 0 Å². The van der Waals surface area contributed by atoms with Gasteiger partial charge in [-0.15, -0.1) is 0 Å². The number of nitrogens with one attached hydrogen (secondary N) is 1. The molecule has 1 aromatic heterocycles. The minimum absolute atomic E-state index is 0.213. The Kier molecular flexibility index (Phi) is 7.98. The quantitative estimate of drug-likeness (QED) is 0.173. The van der Waals surface area contributed by atoms with Gasteiger partial charge in [-0.3, -0.25) is 4.79 Å². The van der Waals surface area contributed by atoms with E-state index in [9.17, 15) is 14.7 Å². The van der Waals surface area contributed by atoms with E-state index in [4.69, 9.17) is 9.15 Å². The first-order valence-corrected chi connectivity index (χ1v) is 13.7. The van der Waals surface area contributed by atoms with Gasteiger partial charge >= 0.3 is 5.97 Å². The molecule has 1 unspecified atom stereocenters. The number of anilines is 1. The summed E-state index contributed by atoms with van der Waals surface area (Å²) in [5.41, 5.74) is 2.80. The Morgan fingerprint density at radius 1 is 0.974 bits per heavy atom. The van der Waals surface area contributed by atoms with Crippen molar-refractivity contribution in [1.29, 1.82) is 0 Å². The zero-order valence-corrected chi connectivity index (χ0v) is 23.0. The number of aliphatic carboxylic acids is 1. The number of amides is 1. The number of fused-ring (bicyclic) bond motifs is 2. The summed E-state index contributed by atoms with van der Waals surface area (Å²) in [6, 6.07) is 26.2. The first kappa shape index (κ1) is 26.5. The van der Waals surface area contributed by atoms with Gasteiger partial charge in [0.1, 0.15) is 17.1 Å². The SMILES string of the molecule is CCCCc1oc2ccccc2c1C(=O)Nc1ccc2c(Br)c(OC(Cc3ccccc3)C(=O)O)ccc2c1. The predicted octanol–water partition coefficient (Wildman–Crippen LogP) is 8.02. The lowest BCUT2D eigenvalue weighted by Crippen LogP contribution is -2.29. The van der Waals surface area contributed by atoms with Gasteiger partial charge in [-0.2, -0.15) is 0 Å². The molecule has 39 heavy (non-hydrogen) atoms. The van der Waals surface area contributed by atoms with Crippen molar-refractivity contribution >= 4 is 55.2 Å². The number of halogens is 1. The molecule has 5 aromatic rings. The van der Waals surface area contributed by atoms with Crippen LogP contribution in [0.4, 0.5) is 5.69 Å². The number of rotatable bonds is 10. The summed E-state index contributed by atoms with van der Waals surface area (Å²) in [6.45, 7) is 2.11. The number of hydrogen-bond acceptors (Lipinski definition) is 4. The smallest absolute Gasteiger partial charge is 0.345 e. The predicted molar refractivity (Wildman–Crippen MR) is 157 cm³/mol. The van der Waals surface area contributed by atoms with Crippen LogP contribution in [0.15, 0.2) is 93.8 Å². The van der Waals surface area contributed by atoms with Crippen LogP contribution in [0.25, 0.3) is 21.7 Å². The fourth-order valence-corrected chi connectivity index (χ4v) is 5.24. The molecule has 7 heteroatoms. The molecule has 0 spiro atoms. The van der Waals surface area contributed by atoms with E-state index in [-0.39, 0.29) is 12.3 Å². The fourth-order valence-electron chi connectivity index (χ4n) is 4.65. The molecule has 0 saturated carbocycles. The number of aryl methyl sites for hydroxylation is 1. The molecule has 2 N–H and O–H groups in total. The number of unbranched alkanes of at least 4 members (excludes halogenated alkanes) is 1. The van der Waals surface area contributed by atoms with E-state index in [1.54, 1.807) is 6.07 Å². The highest BCUT2D eigenvalue weighted by molar-refractivity contribution is 9.10. The highest BCUT2D eigenvalue weighted by Crippen LogP contribution is 2.36. The summed E-state index contributed by atoms with van der Waals surface area (Å²) in [5.74, 6) is -0.110. The first-order valence-electron chi connectivity index (χ1n) is 12.9. The second-order valence-electron chi connectivity index (χ2n) is 9.40. The number of carboxylic acid groups (broad SMARTS) is 1. The third-order valence-electron chi connectivity index (χ3n) is 6.64. The number of hydrogen-bond donors (Lipinski definition) is 2. The van der Waals surface area contributed by atoms with Crippen molar-refractivity contribution in [3.05, 3.63) is 106 Å². The molecular formula is C32H28BrNO5. The van der Waals surface area contributed by atoms with Gasteiger partial charge in [0, 0.05) is 23.9 Å². The van der Waals surface area contributed by atoms with Crippen molar-refractivity contribution in [2.45, 2.75) is 38.7 Å². The number of carbonyl (C=O) groups is 2. The lowest BCUT2D eigenvalue weighted by atomic mass is 10.1. The maximum Gasteiger partial charge on any atom is 0.345 e. The van der Waals surface area contributed by atoms with Crippen LogP contribution in [0.2, 0.25) is 0 Å². The van der Waals surface area contributed by atoms with E-state index in [0.717, 1.165) is 34.6 Å². The van der Waals surface area contributed by atoms with Crippen molar-refractivity contribution in [3.63, 3.8) is 0 Å². The minimum Gasteiger partial charge on any atom is -0.478 e. The summed E-state index contributed by atoms with van der Waals surface area (Å²) in [7, 11) is 0. The van der Waals surface area contributed by atoms with Crippen molar-refractivity contribution < 1.29 is 23.8 Å². The van der Waals surface area contributed by atoms with Gasteiger partial charge in [0.25, 0.3) is 5.91 Å². The average molecular weight is 586 g/mol. The van der Waals surface area contributed by atoms with Crippen molar-refractivity contribution in [3.8, 4) is 5.75 Å². The van der Waals surface area contributed by atoms with Gasteiger partial charge in [-0.25, -0.2) is 4.79 Å². The summed E-state index contributed by atoms with van der Waals surface area (Å²) < 4.78 is 12.6. The third-order valence-corrected chi connectivity index (χ3v) is 7.46. The molecule has 198 valence electrons. The average Bonchev–Trinajstić information content (AvgIpc) is 3.32. The van der Waals surface area contributed by atoms with E-state index < -0.39 is 12.1 Å². The lowest BCUT2D eigenvalue weighted by molar-refractivity contribution is -0.145. The fraction of sp³-hybridized carbons (Fsp3) is 0.188. The van der Waals surface area contributed by atoms with Crippen LogP contribution < -0.4 is 10.1 Å². The van der Waals surface area contributed by atoms with E-state index in [2.05, 4.69) is 28.2 Å². The van der Waals surface area contributed by atoms with Crippen molar-refractivity contribution in [2.75, 3.05) is 5.32 Å². The molecule has 1 atom stereocenters. The first-order chi connectivity index (χ1) is 18.9. The van der Waals surface area contributed by atoms with Crippen molar-refractivity contribution in [2.24, 2.45) is 0 Å². The van der Waals surface area contributed by atoms with E-state index in [1.807, 2.05) is 78.9 Å². The molecule has 0 aliphatic carbocycles. The molecule has 6 nitrogen and oxygen atoms in total. The summed E-state index contributed by atoms with van der Waals surface area (Å²) >= 11 is 3.59. The van der Waals surface area contributed by atoms with Crippen LogP contribution in [-0.4, -0.2) is 23.1 Å². The topological polar surface area (TPSA) is 88.8 Å². The Morgan fingerprint density at radius 2 is 1.74 bits per heavy atom. The molecule has 0 saturated heterocycles. The van der Waals surface area contributed by atoms with Gasteiger partial charge in [0.15, 0.2) is 6.10 Å². The van der Waals surface area contributed by atoms with E-state index in [0.29, 0.717) is 39.2 Å². The molecule has 0 aliphatic rings. The largest absolute Gasteiger partial charge is 0.478 e. The molecular weight excluding hydrogens is 558 g/mol. The maximum absolute atomic E-state index is 13.4. The zero-order valence-electron chi connectivity index (χ0n) is 21.4. The number of ether oxygens (including phenoxy) is 1. The maximum atomic E-state index is 13.4. The van der Waals surface area contributed by atoms with E-state index >= 15 is 0 Å². The molecule has 5 rings (SSSR count). The Bertz CT molecular complexity index is 1640. The second kappa shape index (κ2) is 11.7. The van der Waals surface area contributed by atoms with Gasteiger partial charge < -0.3 is 19.6 Å². The highest BCUT2D eigenvalue weighted by atomic mass is 79.9. The normalized spacial score (nSPS) is 11.9. The molecule has 1 amide bonds. The molecule has 4 aromatic carbocycles. The Morgan fingerprint density at radius 3 is 2.51 bits per heavy atom. The molecule has 0 fully saturated rings. The number of benzene rings is 4. The van der Waals surface area contributed by atoms with Gasteiger partial charge in [-0.1, -0.05) is 74.0 Å². The Hall–Kier alpha value is -4.10. The number of carboxylic acids is 1. The number of carbonyl (C=O) groups excluding carboxylic acids is 1. The zero-order chi connectivity index (χ0) is 27.4. The second-order valence-corrected chi connectivity index (χ2v) is 10.2. The van der Waals surface area contributed by atoms with Gasteiger partial charge in [0.05, 0.1) is 10.0 Å². The molecule has 0 bridgehead atoms. The minimum atomic E-state index is -1.04. The molecule has 0 radical (unpaired) electrons. The molecule has 1 heterocycles. The number of furan rings is 1. The van der Waals surface area contributed by atoms with Crippen LogP contribution in [0.5, 0.6) is 5.75 Å². The summed E-state index contributed by atoms with van der Waals surface area (Å²) in [5, 5.41) is 15.3. The van der Waals surface area contributed by atoms with Gasteiger partial charge in [-0.05, 0) is 63.0 Å². The lowest BCUT2D eigenvalue weighted by Gasteiger charge is -2.17. The van der Waals surface area contributed by atoms with Crippen LogP contribution in [0.1, 0.15) is 41.4 Å². The Labute approximate surface area is 234 Å². The van der Waals surface area contributed by atoms with Crippen LogP contribution in [0, 0.1) is 0 Å². The third kappa shape index (κ3) is 5.83. The summed E-state index contributed by atoms with van der Waals surface area (Å²) in [6.07, 6.45) is 1.84. The van der Waals surface area contributed by atoms with Crippen LogP contribution >= 0.6 is 15.9 Å². The Balaban J connectivity index is 1.38. The monoisotopic (exact) mass is 585 g/mol.